The molecule has 0 fully saturated rings. The molecule has 106 valence electrons. The summed E-state index contributed by atoms with van der Waals surface area (Å²) in [6, 6.07) is 3.50. The summed E-state index contributed by atoms with van der Waals surface area (Å²) in [4.78, 5) is 14.2. The molecule has 0 atom stereocenters. The number of hydrogen-bond acceptors (Lipinski definition) is 7. The molecule has 0 amide bonds. The first-order chi connectivity index (χ1) is 10.1. The number of aromatic nitrogens is 5. The first kappa shape index (κ1) is 12.9. The highest BCUT2D eigenvalue weighted by Crippen LogP contribution is 2.19. The molecule has 3 heterocycles. The van der Waals surface area contributed by atoms with Gasteiger partial charge in [-0.2, -0.15) is 5.10 Å². The second kappa shape index (κ2) is 5.12. The second-order valence-corrected chi connectivity index (χ2v) is 4.27. The van der Waals surface area contributed by atoms with E-state index in [1.807, 2.05) is 0 Å². The Morgan fingerprint density at radius 1 is 1.33 bits per heavy atom. The van der Waals surface area contributed by atoms with E-state index in [1.165, 1.54) is 10.9 Å². The highest BCUT2D eigenvalue weighted by molar-refractivity contribution is 5.50. The first-order valence-corrected chi connectivity index (χ1v) is 6.04. The van der Waals surface area contributed by atoms with E-state index in [0.717, 1.165) is 5.56 Å². The molecule has 0 aliphatic carbocycles. The average Bonchev–Trinajstić information content (AvgIpc) is 3.08. The molecule has 0 bridgehead atoms. The first-order valence-electron chi connectivity index (χ1n) is 6.04. The fraction of sp³-hybridized carbons (Fsp3) is 0.167. The molecule has 21 heavy (non-hydrogen) atoms. The summed E-state index contributed by atoms with van der Waals surface area (Å²) in [6.07, 6.45) is 4.45. The third-order valence-corrected chi connectivity index (χ3v) is 2.95. The third kappa shape index (κ3) is 2.48. The van der Waals surface area contributed by atoms with Crippen molar-refractivity contribution in [3.8, 4) is 11.5 Å². The Morgan fingerprint density at radius 3 is 2.76 bits per heavy atom. The molecule has 3 rings (SSSR count). The maximum absolute atomic E-state index is 10.8. The minimum absolute atomic E-state index is 0.0381. The van der Waals surface area contributed by atoms with E-state index < -0.39 is 4.92 Å². The van der Waals surface area contributed by atoms with Crippen LogP contribution in [0.5, 0.6) is 0 Å². The largest absolute Gasteiger partial charge is 0.419 e. The Labute approximate surface area is 118 Å². The van der Waals surface area contributed by atoms with Gasteiger partial charge in [0.2, 0.25) is 11.8 Å². The number of rotatable bonds is 4. The predicted octanol–water partition coefficient (Wildman–Crippen LogP) is 1.59. The minimum atomic E-state index is -0.477. The van der Waals surface area contributed by atoms with Gasteiger partial charge in [0, 0.05) is 18.0 Å². The van der Waals surface area contributed by atoms with E-state index in [2.05, 4.69) is 20.3 Å². The van der Waals surface area contributed by atoms with Crippen LogP contribution in [0.25, 0.3) is 11.5 Å². The molecule has 0 aliphatic heterocycles. The number of pyridine rings is 1. The zero-order chi connectivity index (χ0) is 14.8. The van der Waals surface area contributed by atoms with Crippen molar-refractivity contribution in [2.75, 3.05) is 0 Å². The van der Waals surface area contributed by atoms with Crippen molar-refractivity contribution in [2.45, 2.75) is 13.5 Å². The molecule has 0 radical (unpaired) electrons. The number of nitro groups is 1. The summed E-state index contributed by atoms with van der Waals surface area (Å²) in [5, 5.41) is 22.6. The van der Waals surface area contributed by atoms with E-state index in [9.17, 15) is 10.1 Å². The van der Waals surface area contributed by atoms with Crippen LogP contribution in [0.4, 0.5) is 5.69 Å². The highest BCUT2D eigenvalue weighted by Gasteiger charge is 2.18. The van der Waals surface area contributed by atoms with Crippen LogP contribution in [-0.4, -0.2) is 29.9 Å². The molecule has 0 spiro atoms. The predicted molar refractivity (Wildman–Crippen MR) is 70.2 cm³/mol. The van der Waals surface area contributed by atoms with E-state index in [-0.39, 0.29) is 12.2 Å². The van der Waals surface area contributed by atoms with Gasteiger partial charge in [0.25, 0.3) is 0 Å². The van der Waals surface area contributed by atoms with Crippen molar-refractivity contribution in [1.29, 1.82) is 0 Å². The molecule has 0 saturated heterocycles. The summed E-state index contributed by atoms with van der Waals surface area (Å²) in [6.45, 7) is 1.79. The van der Waals surface area contributed by atoms with Crippen LogP contribution < -0.4 is 0 Å². The van der Waals surface area contributed by atoms with E-state index in [4.69, 9.17) is 4.42 Å². The van der Waals surface area contributed by atoms with Crippen LogP contribution in [0.2, 0.25) is 0 Å². The lowest BCUT2D eigenvalue weighted by Crippen LogP contribution is -2.04. The zero-order valence-corrected chi connectivity index (χ0v) is 11.0. The topological polar surface area (TPSA) is 113 Å². The van der Waals surface area contributed by atoms with Crippen molar-refractivity contribution < 1.29 is 9.34 Å². The van der Waals surface area contributed by atoms with Crippen molar-refractivity contribution in [2.24, 2.45) is 0 Å². The average molecular weight is 286 g/mol. The minimum Gasteiger partial charge on any atom is -0.419 e. The molecule has 0 N–H and O–H groups in total. The summed E-state index contributed by atoms with van der Waals surface area (Å²) in [5.74, 6) is 0.689. The summed E-state index contributed by atoms with van der Waals surface area (Å²) >= 11 is 0. The Bertz CT molecular complexity index is 779. The van der Waals surface area contributed by atoms with Crippen LogP contribution in [0.15, 0.2) is 35.1 Å². The summed E-state index contributed by atoms with van der Waals surface area (Å²) in [5.41, 5.74) is 1.15. The van der Waals surface area contributed by atoms with Crippen molar-refractivity contribution >= 4 is 5.69 Å². The van der Waals surface area contributed by atoms with Gasteiger partial charge in [0.15, 0.2) is 0 Å². The highest BCUT2D eigenvalue weighted by atomic mass is 16.6. The van der Waals surface area contributed by atoms with E-state index in [1.54, 1.807) is 31.5 Å². The molecule has 3 aromatic rings. The zero-order valence-electron chi connectivity index (χ0n) is 11.0. The Hall–Kier alpha value is -3.10. The van der Waals surface area contributed by atoms with E-state index in [0.29, 0.717) is 17.5 Å². The fourth-order valence-corrected chi connectivity index (χ4v) is 1.83. The van der Waals surface area contributed by atoms with Gasteiger partial charge in [0.1, 0.15) is 18.4 Å². The molecule has 0 saturated carbocycles. The van der Waals surface area contributed by atoms with Gasteiger partial charge in [0.05, 0.1) is 4.92 Å². The molecule has 3 aromatic heterocycles. The SMILES string of the molecule is Cc1c([N+](=O)[O-])cnn1Cc1nnc(-c2ccncc2)o1. The molecular weight excluding hydrogens is 276 g/mol. The van der Waals surface area contributed by atoms with Gasteiger partial charge in [-0.15, -0.1) is 10.2 Å². The van der Waals surface area contributed by atoms with Crippen LogP contribution in [0, 0.1) is 17.0 Å². The third-order valence-electron chi connectivity index (χ3n) is 2.95. The lowest BCUT2D eigenvalue weighted by molar-refractivity contribution is -0.385. The standard InChI is InChI=1S/C12H10N6O3/c1-8-10(18(19)20)6-14-17(8)7-11-15-16-12(21-11)9-2-4-13-5-3-9/h2-6H,7H2,1H3. The summed E-state index contributed by atoms with van der Waals surface area (Å²) in [7, 11) is 0. The Morgan fingerprint density at radius 2 is 2.10 bits per heavy atom. The molecule has 0 unspecified atom stereocenters. The molecule has 9 heteroatoms. The van der Waals surface area contributed by atoms with Crippen molar-refractivity contribution in [3.05, 3.63) is 52.4 Å². The normalized spacial score (nSPS) is 10.7. The Kier molecular flexibility index (Phi) is 3.14. The van der Waals surface area contributed by atoms with Crippen LogP contribution >= 0.6 is 0 Å². The molecule has 9 nitrogen and oxygen atoms in total. The van der Waals surface area contributed by atoms with Gasteiger partial charge in [-0.3, -0.25) is 19.8 Å². The quantitative estimate of drug-likeness (QED) is 0.528. The van der Waals surface area contributed by atoms with Gasteiger partial charge < -0.3 is 4.42 Å². The van der Waals surface area contributed by atoms with E-state index >= 15 is 0 Å². The molecule has 0 aromatic carbocycles. The maximum atomic E-state index is 10.8. The van der Waals surface area contributed by atoms with Crippen molar-refractivity contribution in [3.63, 3.8) is 0 Å². The van der Waals surface area contributed by atoms with Gasteiger partial charge >= 0.3 is 5.69 Å². The summed E-state index contributed by atoms with van der Waals surface area (Å²) < 4.78 is 6.96. The molecular formula is C12H10N6O3. The van der Waals surface area contributed by atoms with Gasteiger partial charge in [-0.1, -0.05) is 0 Å². The van der Waals surface area contributed by atoms with Crippen LogP contribution in [0.3, 0.4) is 0 Å². The van der Waals surface area contributed by atoms with Crippen molar-refractivity contribution in [1.82, 2.24) is 25.0 Å². The molecule has 0 aliphatic rings. The van der Waals surface area contributed by atoms with Gasteiger partial charge in [-0.25, -0.2) is 0 Å². The Balaban J connectivity index is 1.84. The lowest BCUT2D eigenvalue weighted by atomic mass is 10.3. The smallest absolute Gasteiger partial charge is 0.309 e. The number of hydrogen-bond donors (Lipinski definition) is 0. The van der Waals surface area contributed by atoms with Crippen LogP contribution in [0.1, 0.15) is 11.6 Å². The van der Waals surface area contributed by atoms with Gasteiger partial charge in [-0.05, 0) is 19.1 Å². The lowest BCUT2D eigenvalue weighted by Gasteiger charge is -1.98. The maximum Gasteiger partial charge on any atom is 0.309 e. The number of nitrogens with zero attached hydrogens (tertiary/aromatic N) is 6. The van der Waals surface area contributed by atoms with Crippen LogP contribution in [-0.2, 0) is 6.54 Å². The second-order valence-electron chi connectivity index (χ2n) is 4.27. The fourth-order valence-electron chi connectivity index (χ4n) is 1.83. The monoisotopic (exact) mass is 286 g/mol.